The number of hydrogen-bond acceptors (Lipinski definition) is 5. The van der Waals surface area contributed by atoms with Gasteiger partial charge in [0.1, 0.15) is 5.75 Å². The zero-order chi connectivity index (χ0) is 19.4. The number of carboxylic acids is 1. The summed E-state index contributed by atoms with van der Waals surface area (Å²) in [4.78, 5) is 21.3. The Bertz CT molecular complexity index is 693. The molecular formula is C19H20ClNO5. The van der Waals surface area contributed by atoms with Crippen molar-refractivity contribution in [3.8, 4) is 5.75 Å². The van der Waals surface area contributed by atoms with Gasteiger partial charge in [-0.2, -0.15) is 0 Å². The zero-order valence-electron chi connectivity index (χ0n) is 14.1. The first kappa shape index (κ1) is 21.1. The molecule has 0 spiro atoms. The number of hydrogen-bond donors (Lipinski definition) is 2. The summed E-state index contributed by atoms with van der Waals surface area (Å²) >= 11 is 5.56. The number of anilines is 1. The SMILES string of the molecule is C=CC(=O)OCCCOc1ccc(C(=O)O)cc1.Nc1ccc(Cl)cc1. The highest BCUT2D eigenvalue weighted by Gasteiger charge is 2.02. The number of nitrogen functional groups attached to an aromatic ring is 1. The van der Waals surface area contributed by atoms with Gasteiger partial charge in [-0.3, -0.25) is 0 Å². The van der Waals surface area contributed by atoms with E-state index in [4.69, 9.17) is 31.9 Å². The molecule has 26 heavy (non-hydrogen) atoms. The molecule has 138 valence electrons. The maximum absolute atomic E-state index is 10.7. The lowest BCUT2D eigenvalue weighted by Crippen LogP contribution is -2.06. The molecule has 2 aromatic carbocycles. The van der Waals surface area contributed by atoms with Crippen molar-refractivity contribution in [3.63, 3.8) is 0 Å². The first-order chi connectivity index (χ1) is 12.4. The molecule has 0 aliphatic carbocycles. The standard InChI is InChI=1S/C13H14O5.C6H6ClN/c1-2-12(14)18-9-3-8-17-11-6-4-10(5-7-11)13(15)16;7-5-1-3-6(8)4-2-5/h2,4-7H,1,3,8-9H2,(H,15,16);1-4H,8H2. The number of rotatable bonds is 7. The van der Waals surface area contributed by atoms with Crippen LogP contribution >= 0.6 is 11.6 Å². The van der Waals surface area contributed by atoms with E-state index in [1.54, 1.807) is 36.4 Å². The van der Waals surface area contributed by atoms with Crippen LogP contribution < -0.4 is 10.5 Å². The fourth-order valence-corrected chi connectivity index (χ4v) is 1.76. The zero-order valence-corrected chi connectivity index (χ0v) is 14.8. The number of esters is 1. The number of ether oxygens (including phenoxy) is 2. The molecule has 0 atom stereocenters. The minimum Gasteiger partial charge on any atom is -0.493 e. The van der Waals surface area contributed by atoms with E-state index in [1.807, 2.05) is 0 Å². The van der Waals surface area contributed by atoms with Gasteiger partial charge in [-0.1, -0.05) is 18.2 Å². The molecule has 0 radical (unpaired) electrons. The summed E-state index contributed by atoms with van der Waals surface area (Å²) in [5.41, 5.74) is 6.32. The van der Waals surface area contributed by atoms with Gasteiger partial charge in [-0.25, -0.2) is 9.59 Å². The molecule has 3 N–H and O–H groups in total. The summed E-state index contributed by atoms with van der Waals surface area (Å²) in [5.74, 6) is -0.853. The van der Waals surface area contributed by atoms with Crippen molar-refractivity contribution in [2.24, 2.45) is 0 Å². The summed E-state index contributed by atoms with van der Waals surface area (Å²) in [6.45, 7) is 3.92. The summed E-state index contributed by atoms with van der Waals surface area (Å²) in [6, 6.07) is 13.2. The molecule has 2 aromatic rings. The molecule has 0 fully saturated rings. The van der Waals surface area contributed by atoms with Crippen LogP contribution in [-0.4, -0.2) is 30.3 Å². The first-order valence-electron chi connectivity index (χ1n) is 7.68. The van der Waals surface area contributed by atoms with E-state index < -0.39 is 11.9 Å². The number of aromatic carboxylic acids is 1. The van der Waals surface area contributed by atoms with Crippen molar-refractivity contribution in [1.82, 2.24) is 0 Å². The van der Waals surface area contributed by atoms with E-state index in [1.165, 1.54) is 12.1 Å². The van der Waals surface area contributed by atoms with Crippen LogP contribution in [0.3, 0.4) is 0 Å². The number of carbonyl (C=O) groups is 2. The molecule has 0 heterocycles. The Balaban J connectivity index is 0.000000350. The summed E-state index contributed by atoms with van der Waals surface area (Å²) in [5, 5.41) is 9.42. The fraction of sp³-hybridized carbons (Fsp3) is 0.158. The Morgan fingerprint density at radius 3 is 2.19 bits per heavy atom. The molecule has 0 amide bonds. The smallest absolute Gasteiger partial charge is 0.335 e. The van der Waals surface area contributed by atoms with Crippen LogP contribution in [0.15, 0.2) is 61.2 Å². The number of benzene rings is 2. The highest BCUT2D eigenvalue weighted by atomic mass is 35.5. The second-order valence-corrected chi connectivity index (χ2v) is 5.39. The van der Waals surface area contributed by atoms with Gasteiger partial charge in [0.25, 0.3) is 0 Å². The molecule has 0 unspecified atom stereocenters. The average Bonchev–Trinajstić information content (AvgIpc) is 2.64. The third-order valence-corrected chi connectivity index (χ3v) is 3.19. The largest absolute Gasteiger partial charge is 0.493 e. The van der Waals surface area contributed by atoms with Crippen molar-refractivity contribution in [3.05, 3.63) is 71.8 Å². The maximum Gasteiger partial charge on any atom is 0.335 e. The van der Waals surface area contributed by atoms with Crippen LogP contribution in [0.25, 0.3) is 0 Å². The van der Waals surface area contributed by atoms with Crippen molar-refractivity contribution in [1.29, 1.82) is 0 Å². The van der Waals surface area contributed by atoms with E-state index in [2.05, 4.69) is 6.58 Å². The van der Waals surface area contributed by atoms with Crippen LogP contribution in [0.2, 0.25) is 5.02 Å². The van der Waals surface area contributed by atoms with Crippen molar-refractivity contribution >= 4 is 29.2 Å². The lowest BCUT2D eigenvalue weighted by Gasteiger charge is -2.06. The van der Waals surface area contributed by atoms with E-state index in [0.717, 1.165) is 16.8 Å². The highest BCUT2D eigenvalue weighted by molar-refractivity contribution is 6.30. The predicted molar refractivity (Wildman–Crippen MR) is 101 cm³/mol. The summed E-state index contributed by atoms with van der Waals surface area (Å²) in [6.07, 6.45) is 1.66. The van der Waals surface area contributed by atoms with Crippen LogP contribution in [-0.2, 0) is 9.53 Å². The summed E-state index contributed by atoms with van der Waals surface area (Å²) < 4.78 is 10.1. The van der Waals surface area contributed by atoms with Crippen molar-refractivity contribution in [2.45, 2.75) is 6.42 Å². The van der Waals surface area contributed by atoms with Gasteiger partial charge in [0, 0.05) is 23.2 Å². The number of carbonyl (C=O) groups excluding carboxylic acids is 1. The predicted octanol–water partition coefficient (Wildman–Crippen LogP) is 3.81. The van der Waals surface area contributed by atoms with E-state index >= 15 is 0 Å². The third kappa shape index (κ3) is 8.75. The lowest BCUT2D eigenvalue weighted by molar-refractivity contribution is -0.137. The van der Waals surface area contributed by atoms with Crippen molar-refractivity contribution < 1.29 is 24.2 Å². The second kappa shape index (κ2) is 11.5. The number of halogens is 1. The minimum atomic E-state index is -0.974. The molecule has 6 nitrogen and oxygen atoms in total. The van der Waals surface area contributed by atoms with E-state index in [9.17, 15) is 9.59 Å². The minimum absolute atomic E-state index is 0.210. The highest BCUT2D eigenvalue weighted by Crippen LogP contribution is 2.12. The average molecular weight is 378 g/mol. The van der Waals surface area contributed by atoms with E-state index in [-0.39, 0.29) is 12.2 Å². The van der Waals surface area contributed by atoms with Gasteiger partial charge in [0.05, 0.1) is 18.8 Å². The topological polar surface area (TPSA) is 98.8 Å². The maximum atomic E-state index is 10.7. The Hall–Kier alpha value is -2.99. The lowest BCUT2D eigenvalue weighted by atomic mass is 10.2. The van der Waals surface area contributed by atoms with Crippen LogP contribution in [0.1, 0.15) is 16.8 Å². The monoisotopic (exact) mass is 377 g/mol. The van der Waals surface area contributed by atoms with Gasteiger partial charge in [0.2, 0.25) is 0 Å². The molecule has 0 bridgehead atoms. The Morgan fingerprint density at radius 2 is 1.69 bits per heavy atom. The quantitative estimate of drug-likeness (QED) is 0.329. The molecule has 0 saturated heterocycles. The van der Waals surface area contributed by atoms with Gasteiger partial charge in [0.15, 0.2) is 0 Å². The Kier molecular flexibility index (Phi) is 9.35. The molecule has 0 saturated carbocycles. The van der Waals surface area contributed by atoms with Crippen molar-refractivity contribution in [2.75, 3.05) is 18.9 Å². The molecule has 0 aliphatic rings. The fourth-order valence-electron chi connectivity index (χ4n) is 1.64. The molecular weight excluding hydrogens is 358 g/mol. The van der Waals surface area contributed by atoms with Gasteiger partial charge in [-0.05, 0) is 48.5 Å². The van der Waals surface area contributed by atoms with E-state index in [0.29, 0.717) is 18.8 Å². The Labute approximate surface area is 156 Å². The van der Waals surface area contributed by atoms with Crippen LogP contribution in [0.5, 0.6) is 5.75 Å². The molecule has 0 aromatic heterocycles. The van der Waals surface area contributed by atoms with Gasteiger partial charge < -0.3 is 20.3 Å². The van der Waals surface area contributed by atoms with Crippen LogP contribution in [0, 0.1) is 0 Å². The normalized spacial score (nSPS) is 9.42. The first-order valence-corrected chi connectivity index (χ1v) is 8.06. The summed E-state index contributed by atoms with van der Waals surface area (Å²) in [7, 11) is 0. The number of carboxylic acid groups (broad SMARTS) is 1. The third-order valence-electron chi connectivity index (χ3n) is 2.94. The van der Waals surface area contributed by atoms with Gasteiger partial charge >= 0.3 is 11.9 Å². The number of nitrogens with two attached hydrogens (primary N) is 1. The van der Waals surface area contributed by atoms with Gasteiger partial charge in [-0.15, -0.1) is 0 Å². The molecule has 0 aliphatic heterocycles. The Morgan fingerprint density at radius 1 is 1.08 bits per heavy atom. The molecule has 7 heteroatoms. The second-order valence-electron chi connectivity index (χ2n) is 4.95. The molecule has 2 rings (SSSR count). The van der Waals surface area contributed by atoms with Crippen LogP contribution in [0.4, 0.5) is 5.69 Å².